The number of nitrogens with one attached hydrogen (secondary N) is 1. The van der Waals surface area contributed by atoms with E-state index in [1.807, 2.05) is 19.9 Å². The molecule has 9 heteroatoms. The van der Waals surface area contributed by atoms with Gasteiger partial charge in [-0.3, -0.25) is 9.59 Å². The van der Waals surface area contributed by atoms with Gasteiger partial charge in [0.05, 0.1) is 18.7 Å². The Morgan fingerprint density at radius 3 is 2.08 bits per heavy atom. The van der Waals surface area contributed by atoms with Crippen LogP contribution in [0.15, 0.2) is 72.8 Å². The second-order valence-corrected chi connectivity index (χ2v) is 9.67. The van der Waals surface area contributed by atoms with Crippen molar-refractivity contribution >= 4 is 11.8 Å². The van der Waals surface area contributed by atoms with Crippen molar-refractivity contribution in [3.05, 3.63) is 101 Å². The molecule has 0 saturated carbocycles. The van der Waals surface area contributed by atoms with E-state index in [4.69, 9.17) is 4.84 Å². The Morgan fingerprint density at radius 2 is 1.48 bits per heavy atom. The van der Waals surface area contributed by atoms with E-state index in [2.05, 4.69) is 5.48 Å². The molecule has 40 heavy (non-hydrogen) atoms. The normalized spacial score (nSPS) is 12.4. The molecule has 0 fully saturated rings. The molecule has 214 valence electrons. The van der Waals surface area contributed by atoms with Gasteiger partial charge in [0.15, 0.2) is 0 Å². The van der Waals surface area contributed by atoms with E-state index < -0.39 is 29.7 Å². The maximum atomic E-state index is 13.9. The molecule has 2 amide bonds. The molecule has 0 aliphatic carbocycles. The number of para-hydroxylation sites is 1. The molecular weight excluding hydrogens is 516 g/mol. The highest BCUT2D eigenvalue weighted by Gasteiger charge is 2.29. The number of hydroxylamine groups is 1. The zero-order valence-electron chi connectivity index (χ0n) is 23.1. The molecule has 1 unspecified atom stereocenters. The summed E-state index contributed by atoms with van der Waals surface area (Å²) in [6.07, 6.45) is 0.438. The van der Waals surface area contributed by atoms with Crippen LogP contribution >= 0.6 is 0 Å². The van der Waals surface area contributed by atoms with Crippen molar-refractivity contribution in [1.82, 2.24) is 15.3 Å². The van der Waals surface area contributed by atoms with Crippen LogP contribution in [0.2, 0.25) is 0 Å². The molecular formula is C31H37F2N3O4. The lowest BCUT2D eigenvalue weighted by Crippen LogP contribution is -2.50. The van der Waals surface area contributed by atoms with Gasteiger partial charge in [0.1, 0.15) is 17.4 Å². The van der Waals surface area contributed by atoms with Gasteiger partial charge in [-0.05, 0) is 67.3 Å². The lowest BCUT2D eigenvalue weighted by Gasteiger charge is -2.32. The second kappa shape index (κ2) is 15.1. The molecule has 0 spiro atoms. The van der Waals surface area contributed by atoms with Crippen LogP contribution in [0.25, 0.3) is 0 Å². The van der Waals surface area contributed by atoms with Gasteiger partial charge in [0.2, 0.25) is 0 Å². The zero-order chi connectivity index (χ0) is 29.1. The third-order valence-corrected chi connectivity index (χ3v) is 6.49. The van der Waals surface area contributed by atoms with Crippen molar-refractivity contribution in [1.29, 1.82) is 0 Å². The van der Waals surface area contributed by atoms with E-state index in [9.17, 15) is 23.5 Å². The SMILES string of the molecule is CCCN(CCC)C(=O)c1cccc(C(=O)N(C)C(Cc2cc(F)cc(F)c2)[C@@H](O)CNOc2ccccc2)c1. The molecule has 2 N–H and O–H groups in total. The van der Waals surface area contributed by atoms with E-state index in [0.717, 1.165) is 18.9 Å². The highest BCUT2D eigenvalue weighted by atomic mass is 19.1. The molecule has 3 rings (SSSR count). The summed E-state index contributed by atoms with van der Waals surface area (Å²) in [7, 11) is 1.51. The molecule has 0 bridgehead atoms. The topological polar surface area (TPSA) is 82.1 Å². The number of carbonyl (C=O) groups excluding carboxylic acids is 2. The number of benzene rings is 3. The molecule has 0 aliphatic rings. The third kappa shape index (κ3) is 8.59. The van der Waals surface area contributed by atoms with Crippen molar-refractivity contribution in [2.75, 3.05) is 26.7 Å². The van der Waals surface area contributed by atoms with Crippen LogP contribution in [0.5, 0.6) is 5.75 Å². The summed E-state index contributed by atoms with van der Waals surface area (Å²) in [6, 6.07) is 17.6. The standard InChI is InChI=1S/C31H37F2N3O4/c1-4-14-36(15-5-2)31(39)24-11-9-10-23(19-24)30(38)35(3)28(18-22-16-25(32)20-26(33)17-22)29(37)21-34-40-27-12-7-6-8-13-27/h6-13,16-17,19-20,28-29,34,37H,4-5,14-15,18,21H2,1-3H3/t28?,29-/m0/s1. The number of rotatable bonds is 14. The highest BCUT2D eigenvalue weighted by Crippen LogP contribution is 2.19. The molecule has 0 heterocycles. The zero-order valence-corrected chi connectivity index (χ0v) is 23.1. The molecule has 0 radical (unpaired) electrons. The summed E-state index contributed by atoms with van der Waals surface area (Å²) >= 11 is 0. The first-order chi connectivity index (χ1) is 19.2. The van der Waals surface area contributed by atoms with Gasteiger partial charge in [-0.2, -0.15) is 5.48 Å². The van der Waals surface area contributed by atoms with Gasteiger partial charge in [-0.25, -0.2) is 8.78 Å². The first-order valence-corrected chi connectivity index (χ1v) is 13.5. The smallest absolute Gasteiger partial charge is 0.253 e. The van der Waals surface area contributed by atoms with Crippen LogP contribution in [0, 0.1) is 11.6 Å². The number of nitrogens with zero attached hydrogens (tertiary/aromatic N) is 2. The number of aliphatic hydroxyl groups excluding tert-OH is 1. The molecule has 2 atom stereocenters. The molecule has 7 nitrogen and oxygen atoms in total. The Hall–Kier alpha value is -3.82. The number of halogens is 2. The number of hydrogen-bond acceptors (Lipinski definition) is 5. The maximum absolute atomic E-state index is 13.9. The quantitative estimate of drug-likeness (QED) is 0.279. The van der Waals surface area contributed by atoms with Crippen LogP contribution in [0.1, 0.15) is 53.0 Å². The highest BCUT2D eigenvalue weighted by molar-refractivity contribution is 5.99. The van der Waals surface area contributed by atoms with E-state index in [1.54, 1.807) is 53.4 Å². The van der Waals surface area contributed by atoms with Crippen LogP contribution in [-0.4, -0.2) is 65.5 Å². The van der Waals surface area contributed by atoms with Gasteiger partial charge in [-0.15, -0.1) is 0 Å². The van der Waals surface area contributed by atoms with Gasteiger partial charge < -0.3 is 19.7 Å². The van der Waals surface area contributed by atoms with Crippen LogP contribution in [0.4, 0.5) is 8.78 Å². The van der Waals surface area contributed by atoms with Crippen molar-refractivity contribution in [2.24, 2.45) is 0 Å². The first kappa shape index (κ1) is 30.7. The minimum atomic E-state index is -1.17. The Bertz CT molecular complexity index is 1230. The lowest BCUT2D eigenvalue weighted by molar-refractivity contribution is 0.0311. The monoisotopic (exact) mass is 553 g/mol. The van der Waals surface area contributed by atoms with Crippen LogP contribution in [-0.2, 0) is 6.42 Å². The first-order valence-electron chi connectivity index (χ1n) is 13.5. The lowest BCUT2D eigenvalue weighted by atomic mass is 9.98. The Morgan fingerprint density at radius 1 is 0.875 bits per heavy atom. The van der Waals surface area contributed by atoms with Crippen LogP contribution < -0.4 is 10.3 Å². The van der Waals surface area contributed by atoms with Gasteiger partial charge >= 0.3 is 0 Å². The summed E-state index contributed by atoms with van der Waals surface area (Å²) in [5.41, 5.74) is 3.63. The molecule has 0 aromatic heterocycles. The van der Waals surface area contributed by atoms with E-state index in [0.29, 0.717) is 24.4 Å². The van der Waals surface area contributed by atoms with Crippen molar-refractivity contribution in [3.8, 4) is 5.75 Å². The Balaban J connectivity index is 1.82. The average molecular weight is 554 g/mol. The van der Waals surface area contributed by atoms with E-state index in [1.165, 1.54) is 24.1 Å². The third-order valence-electron chi connectivity index (χ3n) is 6.49. The molecule has 0 saturated heterocycles. The van der Waals surface area contributed by atoms with Gasteiger partial charge in [0.25, 0.3) is 11.8 Å². The molecule has 0 aliphatic heterocycles. The Labute approximate surface area is 234 Å². The van der Waals surface area contributed by atoms with Crippen molar-refractivity contribution in [3.63, 3.8) is 0 Å². The van der Waals surface area contributed by atoms with Crippen molar-refractivity contribution in [2.45, 2.75) is 45.3 Å². The average Bonchev–Trinajstić information content (AvgIpc) is 2.94. The minimum Gasteiger partial charge on any atom is -0.409 e. The fraction of sp³-hybridized carbons (Fsp3) is 0.355. The second-order valence-electron chi connectivity index (χ2n) is 9.67. The largest absolute Gasteiger partial charge is 0.409 e. The number of carbonyl (C=O) groups is 2. The fourth-order valence-electron chi connectivity index (χ4n) is 4.51. The maximum Gasteiger partial charge on any atom is 0.253 e. The number of hydrogen-bond donors (Lipinski definition) is 2. The predicted octanol–water partition coefficient (Wildman–Crippen LogP) is 4.85. The molecule has 3 aromatic rings. The summed E-state index contributed by atoms with van der Waals surface area (Å²) in [5, 5.41) is 11.1. The van der Waals surface area contributed by atoms with Crippen LogP contribution in [0.3, 0.4) is 0 Å². The Kier molecular flexibility index (Phi) is 11.6. The van der Waals surface area contributed by atoms with E-state index >= 15 is 0 Å². The summed E-state index contributed by atoms with van der Waals surface area (Å²) in [5.74, 6) is -1.58. The fourth-order valence-corrected chi connectivity index (χ4v) is 4.51. The summed E-state index contributed by atoms with van der Waals surface area (Å²) in [6.45, 7) is 5.15. The number of likely N-dealkylation sites (N-methyl/N-ethyl adjacent to an activating group) is 1. The van der Waals surface area contributed by atoms with Gasteiger partial charge in [-0.1, -0.05) is 38.1 Å². The molecule has 3 aromatic carbocycles. The van der Waals surface area contributed by atoms with Gasteiger partial charge in [0, 0.05) is 37.3 Å². The number of aliphatic hydroxyl groups is 1. The van der Waals surface area contributed by atoms with E-state index in [-0.39, 0.29) is 30.0 Å². The predicted molar refractivity (Wildman–Crippen MR) is 150 cm³/mol. The summed E-state index contributed by atoms with van der Waals surface area (Å²) < 4.78 is 27.9. The van der Waals surface area contributed by atoms with Crippen molar-refractivity contribution < 1.29 is 28.3 Å². The minimum absolute atomic E-state index is 0.0233. The summed E-state index contributed by atoms with van der Waals surface area (Å²) in [4.78, 5) is 35.3. The number of amides is 2.